The Bertz CT molecular complexity index is 266. The van der Waals surface area contributed by atoms with Crippen LogP contribution in [0.4, 0.5) is 0 Å². The molecule has 0 aromatic carbocycles. The van der Waals surface area contributed by atoms with Crippen LogP contribution in [0.15, 0.2) is 23.8 Å². The second-order valence-electron chi connectivity index (χ2n) is 4.86. The Labute approximate surface area is 95.8 Å². The van der Waals surface area contributed by atoms with Gasteiger partial charge >= 0.3 is 0 Å². The molecule has 0 heterocycles. The molecule has 1 rings (SSSR count). The van der Waals surface area contributed by atoms with Gasteiger partial charge in [-0.05, 0) is 32.3 Å². The Hall–Kier alpha value is -0.343. The summed E-state index contributed by atoms with van der Waals surface area (Å²) in [5.41, 5.74) is 1.43. The Morgan fingerprint density at radius 2 is 2.13 bits per heavy atom. The highest BCUT2D eigenvalue weighted by molar-refractivity contribution is 6.60. The third kappa shape index (κ3) is 2.61. The molecule has 2 heteroatoms. The third-order valence-electron chi connectivity index (χ3n) is 3.16. The molecule has 0 saturated carbocycles. The fourth-order valence-electron chi connectivity index (χ4n) is 2.43. The van der Waals surface area contributed by atoms with Gasteiger partial charge in [-0.2, -0.15) is 0 Å². The van der Waals surface area contributed by atoms with Crippen LogP contribution in [-0.4, -0.2) is 20.1 Å². The molecule has 1 nitrogen and oxygen atoms in total. The van der Waals surface area contributed by atoms with Crippen LogP contribution < -0.4 is 0 Å². The zero-order chi connectivity index (χ0) is 11.5. The van der Waals surface area contributed by atoms with E-state index in [1.165, 1.54) is 5.57 Å². The summed E-state index contributed by atoms with van der Waals surface area (Å²) in [6.07, 6.45) is 9.33. The molecule has 0 bridgehead atoms. The minimum Gasteiger partial charge on any atom is -0.372 e. The number of allylic oxidation sites excluding steroid dienone is 2. The van der Waals surface area contributed by atoms with Gasteiger partial charge in [0, 0.05) is 0 Å². The fourth-order valence-corrected chi connectivity index (χ4v) is 4.67. The van der Waals surface area contributed by atoms with Crippen molar-refractivity contribution in [3.8, 4) is 0 Å². The molecule has 0 radical (unpaired) electrons. The standard InChI is InChI=1S/C13H24OSi/c1-6-13(15(4)5,14-11(2)3)12-9-7-8-10-12/h7,9-11,15H,6,8H2,1-5H3. The summed E-state index contributed by atoms with van der Waals surface area (Å²) in [6, 6.07) is 0. The minimum atomic E-state index is -0.872. The van der Waals surface area contributed by atoms with Crippen molar-refractivity contribution in [2.45, 2.75) is 58.0 Å². The van der Waals surface area contributed by atoms with Gasteiger partial charge in [0.05, 0.1) is 20.1 Å². The van der Waals surface area contributed by atoms with Gasteiger partial charge in [0.15, 0.2) is 0 Å². The second kappa shape index (κ2) is 5.13. The van der Waals surface area contributed by atoms with Gasteiger partial charge in [0.25, 0.3) is 0 Å². The summed E-state index contributed by atoms with van der Waals surface area (Å²) in [7, 11) is -0.872. The minimum absolute atomic E-state index is 0.0567. The van der Waals surface area contributed by atoms with E-state index in [0.717, 1.165) is 12.8 Å². The SMILES string of the molecule is CCC(OC(C)C)(C1=CCC=C1)[SiH](C)C. The molecule has 0 spiro atoms. The van der Waals surface area contributed by atoms with Crippen molar-refractivity contribution in [3.63, 3.8) is 0 Å². The molecule has 1 atom stereocenters. The molecule has 0 fully saturated rings. The van der Waals surface area contributed by atoms with Crippen molar-refractivity contribution in [1.82, 2.24) is 0 Å². The van der Waals surface area contributed by atoms with Crippen molar-refractivity contribution < 1.29 is 4.74 Å². The van der Waals surface area contributed by atoms with Crippen LogP contribution in [0.3, 0.4) is 0 Å². The molecular formula is C13H24OSi. The molecule has 1 aliphatic rings. The van der Waals surface area contributed by atoms with Crippen LogP contribution in [0, 0.1) is 0 Å². The number of hydrogen-bond acceptors (Lipinski definition) is 1. The van der Waals surface area contributed by atoms with E-state index in [4.69, 9.17) is 4.74 Å². The van der Waals surface area contributed by atoms with E-state index in [0.29, 0.717) is 6.10 Å². The Kier molecular flexibility index (Phi) is 4.35. The van der Waals surface area contributed by atoms with Crippen molar-refractivity contribution in [1.29, 1.82) is 0 Å². The summed E-state index contributed by atoms with van der Waals surface area (Å²) in [5.74, 6) is 0. The van der Waals surface area contributed by atoms with Gasteiger partial charge in [-0.3, -0.25) is 0 Å². The van der Waals surface area contributed by atoms with Gasteiger partial charge in [0.2, 0.25) is 0 Å². The van der Waals surface area contributed by atoms with Gasteiger partial charge in [0.1, 0.15) is 0 Å². The highest BCUT2D eigenvalue weighted by atomic mass is 28.3. The summed E-state index contributed by atoms with van der Waals surface area (Å²) in [4.78, 5) is 0. The maximum Gasteiger partial charge on any atom is 0.0785 e. The number of ether oxygens (including phenoxy) is 1. The normalized spacial score (nSPS) is 19.8. The molecule has 1 unspecified atom stereocenters. The molecule has 0 aromatic heterocycles. The predicted molar refractivity (Wildman–Crippen MR) is 70.0 cm³/mol. The van der Waals surface area contributed by atoms with Gasteiger partial charge in [-0.25, -0.2) is 0 Å². The van der Waals surface area contributed by atoms with Crippen LogP contribution in [0.5, 0.6) is 0 Å². The lowest BCUT2D eigenvalue weighted by atomic mass is 10.1. The monoisotopic (exact) mass is 224 g/mol. The van der Waals surface area contributed by atoms with E-state index in [1.807, 2.05) is 0 Å². The van der Waals surface area contributed by atoms with Crippen LogP contribution in [0.2, 0.25) is 13.1 Å². The summed E-state index contributed by atoms with van der Waals surface area (Å²) >= 11 is 0. The summed E-state index contributed by atoms with van der Waals surface area (Å²) in [6.45, 7) is 11.3. The quantitative estimate of drug-likeness (QED) is 0.650. The van der Waals surface area contributed by atoms with E-state index >= 15 is 0 Å². The van der Waals surface area contributed by atoms with Crippen LogP contribution in [0.25, 0.3) is 0 Å². The zero-order valence-electron chi connectivity index (χ0n) is 10.7. The molecule has 1 aliphatic carbocycles. The predicted octanol–water partition coefficient (Wildman–Crippen LogP) is 3.47. The van der Waals surface area contributed by atoms with Crippen molar-refractivity contribution in [2.75, 3.05) is 0 Å². The fraction of sp³-hybridized carbons (Fsp3) is 0.692. The van der Waals surface area contributed by atoms with E-state index in [1.54, 1.807) is 0 Å². The van der Waals surface area contributed by atoms with Crippen LogP contribution in [-0.2, 0) is 4.74 Å². The first-order valence-corrected chi connectivity index (χ1v) is 8.96. The smallest absolute Gasteiger partial charge is 0.0785 e. The van der Waals surface area contributed by atoms with E-state index in [9.17, 15) is 0 Å². The molecule has 0 saturated heterocycles. The maximum atomic E-state index is 6.27. The third-order valence-corrected chi connectivity index (χ3v) is 5.91. The Morgan fingerprint density at radius 1 is 1.47 bits per heavy atom. The first kappa shape index (κ1) is 12.7. The van der Waals surface area contributed by atoms with Gasteiger partial charge < -0.3 is 4.74 Å². The average molecular weight is 224 g/mol. The van der Waals surface area contributed by atoms with Crippen molar-refractivity contribution in [3.05, 3.63) is 23.8 Å². The zero-order valence-corrected chi connectivity index (χ0v) is 11.9. The lowest BCUT2D eigenvalue weighted by Crippen LogP contribution is -2.47. The Balaban J connectivity index is 2.97. The van der Waals surface area contributed by atoms with E-state index < -0.39 is 8.80 Å². The molecule has 0 amide bonds. The van der Waals surface area contributed by atoms with E-state index in [-0.39, 0.29) is 5.22 Å². The summed E-state index contributed by atoms with van der Waals surface area (Å²) < 4.78 is 6.27. The molecule has 15 heavy (non-hydrogen) atoms. The lowest BCUT2D eigenvalue weighted by molar-refractivity contribution is -0.00482. The second-order valence-corrected chi connectivity index (χ2v) is 8.10. The Morgan fingerprint density at radius 3 is 2.47 bits per heavy atom. The highest BCUT2D eigenvalue weighted by Crippen LogP contribution is 2.33. The van der Waals surface area contributed by atoms with Crippen LogP contribution in [0.1, 0.15) is 33.6 Å². The first-order valence-electron chi connectivity index (χ1n) is 6.08. The largest absolute Gasteiger partial charge is 0.372 e. The molecule has 0 aliphatic heterocycles. The number of hydrogen-bond donors (Lipinski definition) is 0. The summed E-state index contributed by atoms with van der Waals surface area (Å²) in [5, 5.41) is 0.0567. The lowest BCUT2D eigenvalue weighted by Gasteiger charge is -2.39. The topological polar surface area (TPSA) is 9.23 Å². The van der Waals surface area contributed by atoms with Crippen molar-refractivity contribution in [2.24, 2.45) is 0 Å². The molecule has 0 N–H and O–H groups in total. The number of rotatable bonds is 5. The van der Waals surface area contributed by atoms with Gasteiger partial charge in [-0.1, -0.05) is 38.2 Å². The van der Waals surface area contributed by atoms with Crippen LogP contribution >= 0.6 is 0 Å². The highest BCUT2D eigenvalue weighted by Gasteiger charge is 2.37. The molecular weight excluding hydrogens is 200 g/mol. The maximum absolute atomic E-state index is 6.27. The van der Waals surface area contributed by atoms with Crippen molar-refractivity contribution >= 4 is 8.80 Å². The van der Waals surface area contributed by atoms with Gasteiger partial charge in [-0.15, -0.1) is 0 Å². The molecule has 86 valence electrons. The molecule has 0 aromatic rings. The van der Waals surface area contributed by atoms with E-state index in [2.05, 4.69) is 52.1 Å². The average Bonchev–Trinajstić information content (AvgIpc) is 2.66. The first-order chi connectivity index (χ1) is 7.03.